The number of aliphatic carboxylic acids is 1. The van der Waals surface area contributed by atoms with Crippen molar-refractivity contribution in [1.82, 2.24) is 9.21 Å². The molecule has 0 aromatic rings. The van der Waals surface area contributed by atoms with Crippen LogP contribution < -0.4 is 0 Å². The van der Waals surface area contributed by atoms with Crippen LogP contribution in [0.2, 0.25) is 0 Å². The van der Waals surface area contributed by atoms with E-state index in [1.54, 1.807) is 0 Å². The van der Waals surface area contributed by atoms with E-state index in [2.05, 4.69) is 0 Å². The van der Waals surface area contributed by atoms with Gasteiger partial charge in [-0.15, -0.1) is 0 Å². The molecule has 0 aromatic carbocycles. The van der Waals surface area contributed by atoms with Gasteiger partial charge < -0.3 is 10.0 Å². The molecule has 2 fully saturated rings. The van der Waals surface area contributed by atoms with Crippen LogP contribution in [-0.2, 0) is 19.6 Å². The zero-order valence-electron chi connectivity index (χ0n) is 11.5. The van der Waals surface area contributed by atoms with E-state index in [0.29, 0.717) is 38.8 Å². The Bertz CT molecular complexity index is 504. The predicted molar refractivity (Wildman–Crippen MR) is 71.5 cm³/mol. The predicted octanol–water partition coefficient (Wildman–Crippen LogP) is -0.266. The molecule has 0 bridgehead atoms. The monoisotopic (exact) mass is 304 g/mol. The third-order valence-corrected chi connectivity index (χ3v) is 5.29. The van der Waals surface area contributed by atoms with Crippen molar-refractivity contribution in [3.8, 4) is 0 Å². The molecule has 0 spiro atoms. The van der Waals surface area contributed by atoms with Gasteiger partial charge in [-0.05, 0) is 25.7 Å². The summed E-state index contributed by atoms with van der Waals surface area (Å²) in [5, 5.41) is 9.04. The number of carboxylic acid groups (broad SMARTS) is 1. The number of carbonyl (C=O) groups is 2. The van der Waals surface area contributed by atoms with E-state index in [0.717, 1.165) is 6.26 Å². The van der Waals surface area contributed by atoms with Gasteiger partial charge in [0.2, 0.25) is 15.9 Å². The fourth-order valence-electron chi connectivity index (χ4n) is 2.97. The molecule has 0 saturated carbocycles. The number of piperidine rings is 1. The summed E-state index contributed by atoms with van der Waals surface area (Å²) in [7, 11) is -3.40. The first-order valence-electron chi connectivity index (χ1n) is 6.79. The topological polar surface area (TPSA) is 95.0 Å². The summed E-state index contributed by atoms with van der Waals surface area (Å²) in [4.78, 5) is 25.0. The molecule has 0 aliphatic carbocycles. The van der Waals surface area contributed by atoms with Gasteiger partial charge in [0.25, 0.3) is 0 Å². The number of carboxylic acids is 1. The summed E-state index contributed by atoms with van der Waals surface area (Å²) in [5.74, 6) is -1.69. The van der Waals surface area contributed by atoms with Crippen molar-refractivity contribution in [2.75, 3.05) is 25.9 Å². The molecule has 0 radical (unpaired) electrons. The van der Waals surface area contributed by atoms with Gasteiger partial charge in [0.15, 0.2) is 0 Å². The molecule has 2 atom stereocenters. The Morgan fingerprint density at radius 3 is 2.40 bits per heavy atom. The van der Waals surface area contributed by atoms with Crippen LogP contribution in [0, 0.1) is 5.92 Å². The second-order valence-corrected chi connectivity index (χ2v) is 7.43. The lowest BCUT2D eigenvalue weighted by atomic mass is 9.97. The second-order valence-electron chi connectivity index (χ2n) is 5.49. The molecule has 2 heterocycles. The second kappa shape index (κ2) is 5.69. The molecular weight excluding hydrogens is 284 g/mol. The van der Waals surface area contributed by atoms with Crippen molar-refractivity contribution in [2.24, 2.45) is 5.92 Å². The molecule has 7 nitrogen and oxygen atoms in total. The van der Waals surface area contributed by atoms with E-state index in [9.17, 15) is 18.0 Å². The van der Waals surface area contributed by atoms with Crippen molar-refractivity contribution in [2.45, 2.75) is 31.7 Å². The van der Waals surface area contributed by atoms with Crippen molar-refractivity contribution in [3.63, 3.8) is 0 Å². The maximum Gasteiger partial charge on any atom is 0.308 e. The van der Waals surface area contributed by atoms with Crippen LogP contribution in [0.25, 0.3) is 0 Å². The molecule has 1 N–H and O–H groups in total. The fraction of sp³-hybridized carbons (Fsp3) is 0.833. The quantitative estimate of drug-likeness (QED) is 0.774. The van der Waals surface area contributed by atoms with Gasteiger partial charge in [-0.1, -0.05) is 0 Å². The number of rotatable bonds is 3. The molecular formula is C12H20N2O5S. The summed E-state index contributed by atoms with van der Waals surface area (Å²) in [6, 6.07) is -0.655. The molecule has 0 aromatic heterocycles. The lowest BCUT2D eigenvalue weighted by Crippen LogP contribution is -2.51. The SMILES string of the molecule is CS(=O)(=O)N1CCC[C@H]1C(=O)N1CCC[C@H](C(=O)O)C1. The van der Waals surface area contributed by atoms with E-state index < -0.39 is 28.0 Å². The largest absolute Gasteiger partial charge is 0.481 e. The Kier molecular flexibility index (Phi) is 4.33. The fourth-order valence-corrected chi connectivity index (χ4v) is 4.09. The lowest BCUT2D eigenvalue weighted by molar-refractivity contribution is -0.146. The molecule has 2 rings (SSSR count). The highest BCUT2D eigenvalue weighted by Gasteiger charge is 2.40. The Hall–Kier alpha value is -1.15. The summed E-state index contributed by atoms with van der Waals surface area (Å²) in [6.45, 7) is 1.06. The molecule has 1 amide bonds. The lowest BCUT2D eigenvalue weighted by Gasteiger charge is -2.34. The van der Waals surface area contributed by atoms with Gasteiger partial charge in [0, 0.05) is 19.6 Å². The standard InChI is InChI=1S/C12H20N2O5S/c1-20(18,19)14-7-3-5-10(14)11(15)13-6-2-4-9(8-13)12(16)17/h9-10H,2-8H2,1H3,(H,16,17)/t9-,10-/m0/s1. The van der Waals surface area contributed by atoms with Crippen molar-refractivity contribution in [3.05, 3.63) is 0 Å². The van der Waals surface area contributed by atoms with Gasteiger partial charge >= 0.3 is 5.97 Å². The summed E-state index contributed by atoms with van der Waals surface area (Å²) < 4.78 is 24.6. The maximum absolute atomic E-state index is 12.5. The third kappa shape index (κ3) is 3.12. The first kappa shape index (κ1) is 15.2. The zero-order valence-corrected chi connectivity index (χ0v) is 12.3. The van der Waals surface area contributed by atoms with E-state index in [-0.39, 0.29) is 12.5 Å². The third-order valence-electron chi connectivity index (χ3n) is 4.00. The number of amides is 1. The van der Waals surface area contributed by atoms with Gasteiger partial charge in [0.05, 0.1) is 12.2 Å². The average molecular weight is 304 g/mol. The Balaban J connectivity index is 2.09. The van der Waals surface area contributed by atoms with Gasteiger partial charge in [-0.2, -0.15) is 4.31 Å². The highest BCUT2D eigenvalue weighted by atomic mass is 32.2. The molecule has 8 heteroatoms. The first-order valence-corrected chi connectivity index (χ1v) is 8.64. The van der Waals surface area contributed by atoms with Crippen LogP contribution in [0.1, 0.15) is 25.7 Å². The number of sulfonamides is 1. The molecule has 2 aliphatic heterocycles. The van der Waals surface area contributed by atoms with Crippen LogP contribution >= 0.6 is 0 Å². The van der Waals surface area contributed by atoms with Crippen LogP contribution in [-0.4, -0.2) is 66.5 Å². The minimum atomic E-state index is -3.40. The summed E-state index contributed by atoms with van der Waals surface area (Å²) in [5.41, 5.74) is 0. The molecule has 2 aliphatic rings. The van der Waals surface area contributed by atoms with Gasteiger partial charge in [-0.25, -0.2) is 8.42 Å². The molecule has 114 valence electrons. The maximum atomic E-state index is 12.5. The average Bonchev–Trinajstić information content (AvgIpc) is 2.87. The Morgan fingerprint density at radius 1 is 1.15 bits per heavy atom. The number of likely N-dealkylation sites (tertiary alicyclic amines) is 1. The van der Waals surface area contributed by atoms with Crippen molar-refractivity contribution >= 4 is 21.9 Å². The smallest absolute Gasteiger partial charge is 0.308 e. The highest BCUT2D eigenvalue weighted by Crippen LogP contribution is 2.25. The number of hydrogen-bond donors (Lipinski definition) is 1. The van der Waals surface area contributed by atoms with Crippen LogP contribution in [0.3, 0.4) is 0 Å². The number of carbonyl (C=O) groups excluding carboxylic acids is 1. The number of nitrogens with zero attached hydrogens (tertiary/aromatic N) is 2. The molecule has 0 unspecified atom stereocenters. The summed E-state index contributed by atoms with van der Waals surface area (Å²) in [6.07, 6.45) is 3.50. The van der Waals surface area contributed by atoms with E-state index in [1.807, 2.05) is 0 Å². The van der Waals surface area contributed by atoms with Gasteiger partial charge in [0.1, 0.15) is 6.04 Å². The van der Waals surface area contributed by atoms with Crippen LogP contribution in [0.15, 0.2) is 0 Å². The van der Waals surface area contributed by atoms with Crippen LogP contribution in [0.5, 0.6) is 0 Å². The van der Waals surface area contributed by atoms with Gasteiger partial charge in [-0.3, -0.25) is 9.59 Å². The van der Waals surface area contributed by atoms with E-state index in [1.165, 1.54) is 9.21 Å². The van der Waals surface area contributed by atoms with E-state index >= 15 is 0 Å². The molecule has 20 heavy (non-hydrogen) atoms. The first-order chi connectivity index (χ1) is 9.30. The Labute approximate surface area is 118 Å². The van der Waals surface area contributed by atoms with Crippen LogP contribution in [0.4, 0.5) is 0 Å². The molecule has 2 saturated heterocycles. The minimum absolute atomic E-state index is 0.183. The Morgan fingerprint density at radius 2 is 1.80 bits per heavy atom. The summed E-state index contributed by atoms with van der Waals surface area (Å²) >= 11 is 0. The van der Waals surface area contributed by atoms with Crippen molar-refractivity contribution in [1.29, 1.82) is 0 Å². The highest BCUT2D eigenvalue weighted by molar-refractivity contribution is 7.88. The zero-order chi connectivity index (χ0) is 14.9. The number of hydrogen-bond acceptors (Lipinski definition) is 4. The normalized spacial score (nSPS) is 28.6. The van der Waals surface area contributed by atoms with Crippen molar-refractivity contribution < 1.29 is 23.1 Å². The minimum Gasteiger partial charge on any atom is -0.481 e. The van der Waals surface area contributed by atoms with E-state index in [4.69, 9.17) is 5.11 Å².